The first-order chi connectivity index (χ1) is 8.25. The molecule has 0 aromatic rings. The van der Waals surface area contributed by atoms with Crippen molar-refractivity contribution >= 4 is 0 Å². The van der Waals surface area contributed by atoms with Crippen molar-refractivity contribution in [2.24, 2.45) is 0 Å². The Hall–Kier alpha value is -0.120. The highest BCUT2D eigenvalue weighted by Crippen LogP contribution is 2.31. The van der Waals surface area contributed by atoms with Crippen LogP contribution in [0.15, 0.2) is 0 Å². The minimum atomic E-state index is 0.278. The molecule has 0 aromatic heterocycles. The van der Waals surface area contributed by atoms with E-state index in [0.29, 0.717) is 6.04 Å². The van der Waals surface area contributed by atoms with Crippen LogP contribution in [0.4, 0.5) is 0 Å². The van der Waals surface area contributed by atoms with Gasteiger partial charge >= 0.3 is 0 Å². The number of hydrogen-bond acceptors (Lipinski definition) is 3. The number of likely N-dealkylation sites (tertiary alicyclic amines) is 1. The predicted molar refractivity (Wildman–Crippen MR) is 73.5 cm³/mol. The van der Waals surface area contributed by atoms with Crippen LogP contribution in [-0.4, -0.2) is 49.8 Å². The average molecular weight is 242 g/mol. The second kappa shape index (κ2) is 7.34. The Kier molecular flexibility index (Phi) is 6.45. The molecule has 0 aromatic carbocycles. The first kappa shape index (κ1) is 14.9. The maximum absolute atomic E-state index is 5.67. The van der Waals surface area contributed by atoms with Crippen molar-refractivity contribution in [3.8, 4) is 0 Å². The van der Waals surface area contributed by atoms with Gasteiger partial charge in [0.1, 0.15) is 0 Å². The quantitative estimate of drug-likeness (QED) is 0.706. The van der Waals surface area contributed by atoms with Crippen molar-refractivity contribution in [1.82, 2.24) is 10.2 Å². The van der Waals surface area contributed by atoms with Crippen molar-refractivity contribution in [2.45, 2.75) is 58.0 Å². The smallest absolute Gasteiger partial charge is 0.0637 e. The highest BCUT2D eigenvalue weighted by Gasteiger charge is 2.41. The van der Waals surface area contributed by atoms with Gasteiger partial charge in [-0.1, -0.05) is 13.8 Å². The summed E-state index contributed by atoms with van der Waals surface area (Å²) in [5, 5.41) is 3.49. The highest BCUT2D eigenvalue weighted by atomic mass is 16.5. The van der Waals surface area contributed by atoms with Gasteiger partial charge in [0.2, 0.25) is 0 Å². The van der Waals surface area contributed by atoms with E-state index in [1.54, 1.807) is 0 Å². The lowest BCUT2D eigenvalue weighted by molar-refractivity contribution is 0.0167. The molecule has 1 rings (SSSR count). The second-order valence-electron chi connectivity index (χ2n) is 5.01. The monoisotopic (exact) mass is 242 g/mol. The lowest BCUT2D eigenvalue weighted by atomic mass is 9.83. The fourth-order valence-corrected chi connectivity index (χ4v) is 3.32. The molecule has 0 aliphatic carbocycles. The molecule has 102 valence electrons. The van der Waals surface area contributed by atoms with Crippen LogP contribution >= 0.6 is 0 Å². The number of ether oxygens (including phenoxy) is 1. The summed E-state index contributed by atoms with van der Waals surface area (Å²) in [5.41, 5.74) is 0.278. The zero-order valence-electron chi connectivity index (χ0n) is 12.1. The number of nitrogens with one attached hydrogen (secondary N) is 1. The molecule has 1 fully saturated rings. The normalized spacial score (nSPS) is 19.8. The van der Waals surface area contributed by atoms with E-state index in [1.165, 1.54) is 38.8 Å². The van der Waals surface area contributed by atoms with Crippen LogP contribution < -0.4 is 5.32 Å². The van der Waals surface area contributed by atoms with Gasteiger partial charge in [-0.25, -0.2) is 0 Å². The molecule has 0 radical (unpaired) electrons. The van der Waals surface area contributed by atoms with Gasteiger partial charge in [0.25, 0.3) is 0 Å². The van der Waals surface area contributed by atoms with E-state index in [0.717, 1.165) is 13.2 Å². The molecule has 0 spiro atoms. The summed E-state index contributed by atoms with van der Waals surface area (Å²) in [7, 11) is 2.07. The predicted octanol–water partition coefficient (Wildman–Crippen LogP) is 2.27. The summed E-state index contributed by atoms with van der Waals surface area (Å²) in [6.45, 7) is 10.9. The van der Waals surface area contributed by atoms with Crippen LogP contribution in [-0.2, 0) is 4.74 Å². The van der Waals surface area contributed by atoms with E-state index in [1.807, 2.05) is 0 Å². The first-order valence-corrected chi connectivity index (χ1v) is 7.25. The van der Waals surface area contributed by atoms with Crippen LogP contribution in [0.5, 0.6) is 0 Å². The van der Waals surface area contributed by atoms with Gasteiger partial charge in [-0.15, -0.1) is 0 Å². The Balaban J connectivity index is 2.78. The molecular weight excluding hydrogens is 212 g/mol. The molecule has 1 atom stereocenters. The summed E-state index contributed by atoms with van der Waals surface area (Å²) in [6, 6.07) is 0.440. The maximum Gasteiger partial charge on any atom is 0.0637 e. The molecule has 3 nitrogen and oxygen atoms in total. The topological polar surface area (TPSA) is 24.5 Å². The van der Waals surface area contributed by atoms with E-state index < -0.39 is 0 Å². The summed E-state index contributed by atoms with van der Waals surface area (Å²) in [6.07, 6.45) is 5.10. The molecule has 1 aliphatic rings. The van der Waals surface area contributed by atoms with Gasteiger partial charge in [0, 0.05) is 18.2 Å². The van der Waals surface area contributed by atoms with Crippen molar-refractivity contribution in [1.29, 1.82) is 0 Å². The fourth-order valence-electron chi connectivity index (χ4n) is 3.32. The maximum atomic E-state index is 5.67. The molecular formula is C14H30N2O. The summed E-state index contributed by atoms with van der Waals surface area (Å²) >= 11 is 0. The number of nitrogens with zero attached hydrogens (tertiary/aromatic N) is 1. The molecule has 17 heavy (non-hydrogen) atoms. The molecule has 1 N–H and O–H groups in total. The minimum absolute atomic E-state index is 0.278. The van der Waals surface area contributed by atoms with E-state index in [4.69, 9.17) is 4.74 Å². The highest BCUT2D eigenvalue weighted by molar-refractivity contribution is 4.99. The Morgan fingerprint density at radius 1 is 1.18 bits per heavy atom. The molecule has 1 unspecified atom stereocenters. The van der Waals surface area contributed by atoms with Gasteiger partial charge in [-0.3, -0.25) is 4.90 Å². The molecule has 0 saturated carbocycles. The molecule has 1 heterocycles. The Morgan fingerprint density at radius 3 is 2.18 bits per heavy atom. The fraction of sp³-hybridized carbons (Fsp3) is 1.00. The Labute approximate surface area is 107 Å². The lowest BCUT2D eigenvalue weighted by Crippen LogP contribution is -2.61. The van der Waals surface area contributed by atoms with Crippen molar-refractivity contribution in [3.05, 3.63) is 0 Å². The summed E-state index contributed by atoms with van der Waals surface area (Å²) in [5.74, 6) is 0. The van der Waals surface area contributed by atoms with E-state index in [2.05, 4.69) is 38.0 Å². The minimum Gasteiger partial charge on any atom is -0.380 e. The third-order valence-corrected chi connectivity index (χ3v) is 4.45. The van der Waals surface area contributed by atoms with E-state index in [-0.39, 0.29) is 5.54 Å². The van der Waals surface area contributed by atoms with Gasteiger partial charge in [-0.2, -0.15) is 0 Å². The van der Waals surface area contributed by atoms with Gasteiger partial charge in [0.05, 0.1) is 6.61 Å². The second-order valence-corrected chi connectivity index (χ2v) is 5.01. The van der Waals surface area contributed by atoms with Crippen molar-refractivity contribution < 1.29 is 4.74 Å². The molecule has 0 amide bonds. The third-order valence-electron chi connectivity index (χ3n) is 4.45. The largest absolute Gasteiger partial charge is 0.380 e. The van der Waals surface area contributed by atoms with Crippen LogP contribution in [0.1, 0.15) is 46.5 Å². The zero-order chi connectivity index (χ0) is 12.7. The van der Waals surface area contributed by atoms with Crippen molar-refractivity contribution in [2.75, 3.05) is 33.4 Å². The zero-order valence-corrected chi connectivity index (χ0v) is 12.1. The van der Waals surface area contributed by atoms with Gasteiger partial charge in [-0.05, 0) is 52.7 Å². The summed E-state index contributed by atoms with van der Waals surface area (Å²) in [4.78, 5) is 2.69. The molecule has 1 aliphatic heterocycles. The van der Waals surface area contributed by atoms with Crippen molar-refractivity contribution in [3.63, 3.8) is 0 Å². The Bertz CT molecular complexity index is 198. The van der Waals surface area contributed by atoms with Crippen LogP contribution in [0.2, 0.25) is 0 Å². The number of rotatable bonds is 8. The van der Waals surface area contributed by atoms with Gasteiger partial charge < -0.3 is 10.1 Å². The van der Waals surface area contributed by atoms with E-state index in [9.17, 15) is 0 Å². The molecule has 0 bridgehead atoms. The standard InChI is InChI=1S/C14H30N2O/c1-5-14(6-2,16-10-8-9-11-16)13(15-4)12-17-7-3/h13,15H,5-12H2,1-4H3. The number of hydrogen-bond donors (Lipinski definition) is 1. The lowest BCUT2D eigenvalue weighted by Gasteiger charge is -2.46. The van der Waals surface area contributed by atoms with Crippen LogP contribution in [0.25, 0.3) is 0 Å². The first-order valence-electron chi connectivity index (χ1n) is 7.25. The average Bonchev–Trinajstić information content (AvgIpc) is 2.89. The number of likely N-dealkylation sites (N-methyl/N-ethyl adjacent to an activating group) is 1. The van der Waals surface area contributed by atoms with Crippen LogP contribution in [0.3, 0.4) is 0 Å². The third kappa shape index (κ3) is 3.21. The van der Waals surface area contributed by atoms with E-state index >= 15 is 0 Å². The van der Waals surface area contributed by atoms with Crippen LogP contribution in [0, 0.1) is 0 Å². The molecule has 3 heteroatoms. The summed E-state index contributed by atoms with van der Waals surface area (Å²) < 4.78 is 5.67. The SMILES string of the molecule is CCOCC(NC)C(CC)(CC)N1CCCC1. The molecule has 1 saturated heterocycles. The van der Waals surface area contributed by atoms with Gasteiger partial charge in [0.15, 0.2) is 0 Å². The Morgan fingerprint density at radius 2 is 1.76 bits per heavy atom.